The van der Waals surface area contributed by atoms with Crippen LogP contribution in [-0.4, -0.2) is 11.3 Å². The molecule has 0 fully saturated rings. The molecular formula is C15H24ClNS. The number of thioether (sulfide) groups is 1. The lowest BCUT2D eigenvalue weighted by molar-refractivity contribution is 0.635. The largest absolute Gasteiger partial charge is 0.327 e. The van der Waals surface area contributed by atoms with Gasteiger partial charge in [-0.1, -0.05) is 45.4 Å². The van der Waals surface area contributed by atoms with Gasteiger partial charge in [0.15, 0.2) is 0 Å². The van der Waals surface area contributed by atoms with Gasteiger partial charge in [-0.3, -0.25) is 0 Å². The SMILES string of the molecule is CCC(N)Cc1ccc(Cl)cc1SC(C)C(C)C. The van der Waals surface area contributed by atoms with Crippen molar-refractivity contribution in [1.29, 1.82) is 0 Å². The summed E-state index contributed by atoms with van der Waals surface area (Å²) in [6.07, 6.45) is 1.94. The van der Waals surface area contributed by atoms with Gasteiger partial charge in [0.2, 0.25) is 0 Å². The molecule has 0 heterocycles. The van der Waals surface area contributed by atoms with Crippen LogP contribution >= 0.6 is 23.4 Å². The number of hydrogen-bond acceptors (Lipinski definition) is 2. The molecular weight excluding hydrogens is 262 g/mol. The van der Waals surface area contributed by atoms with Gasteiger partial charge in [0.25, 0.3) is 0 Å². The van der Waals surface area contributed by atoms with Gasteiger partial charge in [0, 0.05) is 21.2 Å². The van der Waals surface area contributed by atoms with E-state index < -0.39 is 0 Å². The Bertz CT molecular complexity index is 379. The van der Waals surface area contributed by atoms with E-state index in [1.807, 2.05) is 17.8 Å². The van der Waals surface area contributed by atoms with Crippen LogP contribution in [0, 0.1) is 5.92 Å². The lowest BCUT2D eigenvalue weighted by atomic mass is 10.0. The molecule has 0 aliphatic rings. The van der Waals surface area contributed by atoms with E-state index in [2.05, 4.69) is 39.8 Å². The zero-order valence-corrected chi connectivity index (χ0v) is 13.3. The Hall–Kier alpha value is -0.180. The van der Waals surface area contributed by atoms with Crippen LogP contribution in [0.4, 0.5) is 0 Å². The number of halogens is 1. The summed E-state index contributed by atoms with van der Waals surface area (Å²) in [6.45, 7) is 8.89. The van der Waals surface area contributed by atoms with E-state index in [0.717, 1.165) is 17.9 Å². The predicted molar refractivity (Wildman–Crippen MR) is 83.6 cm³/mol. The zero-order chi connectivity index (χ0) is 13.7. The van der Waals surface area contributed by atoms with Crippen molar-refractivity contribution in [3.05, 3.63) is 28.8 Å². The third-order valence-corrected chi connectivity index (χ3v) is 5.07. The van der Waals surface area contributed by atoms with E-state index in [1.165, 1.54) is 10.5 Å². The number of hydrogen-bond donors (Lipinski definition) is 1. The maximum atomic E-state index is 6.11. The maximum absolute atomic E-state index is 6.11. The van der Waals surface area contributed by atoms with Crippen LogP contribution in [0.1, 0.15) is 39.7 Å². The molecule has 1 rings (SSSR count). The molecule has 0 aliphatic heterocycles. The van der Waals surface area contributed by atoms with E-state index in [0.29, 0.717) is 11.2 Å². The van der Waals surface area contributed by atoms with Crippen molar-refractivity contribution in [3.63, 3.8) is 0 Å². The Morgan fingerprint density at radius 3 is 2.50 bits per heavy atom. The lowest BCUT2D eigenvalue weighted by Gasteiger charge is -2.19. The fourth-order valence-corrected chi connectivity index (χ4v) is 2.98. The summed E-state index contributed by atoms with van der Waals surface area (Å²) in [6, 6.07) is 6.39. The van der Waals surface area contributed by atoms with Gasteiger partial charge in [-0.05, 0) is 36.5 Å². The number of benzene rings is 1. The van der Waals surface area contributed by atoms with Crippen molar-refractivity contribution in [2.24, 2.45) is 11.7 Å². The molecule has 1 aromatic rings. The molecule has 0 saturated heterocycles. The molecule has 0 aliphatic carbocycles. The average molecular weight is 286 g/mol. The first kappa shape index (κ1) is 15.9. The minimum Gasteiger partial charge on any atom is -0.327 e. The Balaban J connectivity index is 2.89. The van der Waals surface area contributed by atoms with Crippen molar-refractivity contribution in [3.8, 4) is 0 Å². The topological polar surface area (TPSA) is 26.0 Å². The standard InChI is InChI=1S/C15H24ClNS/c1-5-14(17)8-12-6-7-13(16)9-15(12)18-11(4)10(2)3/h6-7,9-11,14H,5,8,17H2,1-4H3. The second-order valence-corrected chi connectivity index (χ2v) is 7.05. The van der Waals surface area contributed by atoms with Crippen LogP contribution in [-0.2, 0) is 6.42 Å². The molecule has 0 saturated carbocycles. The molecule has 2 N–H and O–H groups in total. The Morgan fingerprint density at radius 1 is 1.28 bits per heavy atom. The first-order chi connectivity index (χ1) is 8.43. The average Bonchev–Trinajstić information content (AvgIpc) is 2.32. The van der Waals surface area contributed by atoms with Gasteiger partial charge in [-0.15, -0.1) is 11.8 Å². The molecule has 1 nitrogen and oxygen atoms in total. The minimum absolute atomic E-state index is 0.236. The van der Waals surface area contributed by atoms with Crippen molar-refractivity contribution < 1.29 is 0 Å². The smallest absolute Gasteiger partial charge is 0.0417 e. The quantitative estimate of drug-likeness (QED) is 0.763. The summed E-state index contributed by atoms with van der Waals surface area (Å²) in [7, 11) is 0. The van der Waals surface area contributed by atoms with Gasteiger partial charge in [-0.25, -0.2) is 0 Å². The number of nitrogens with two attached hydrogens (primary N) is 1. The van der Waals surface area contributed by atoms with Crippen LogP contribution in [0.25, 0.3) is 0 Å². The van der Waals surface area contributed by atoms with E-state index in [-0.39, 0.29) is 6.04 Å². The minimum atomic E-state index is 0.236. The van der Waals surface area contributed by atoms with Crippen molar-refractivity contribution in [2.45, 2.75) is 56.7 Å². The third kappa shape index (κ3) is 4.83. The van der Waals surface area contributed by atoms with Crippen LogP contribution in [0.15, 0.2) is 23.1 Å². The summed E-state index contributed by atoms with van der Waals surface area (Å²) in [4.78, 5) is 1.28. The normalized spacial score (nSPS) is 14.8. The van der Waals surface area contributed by atoms with Gasteiger partial charge >= 0.3 is 0 Å². The molecule has 18 heavy (non-hydrogen) atoms. The molecule has 0 bridgehead atoms. The highest BCUT2D eigenvalue weighted by Gasteiger charge is 2.13. The molecule has 0 spiro atoms. The Kier molecular flexibility index (Phi) is 6.54. The van der Waals surface area contributed by atoms with E-state index in [9.17, 15) is 0 Å². The van der Waals surface area contributed by atoms with Crippen molar-refractivity contribution in [1.82, 2.24) is 0 Å². The predicted octanol–water partition coefficient (Wildman–Crippen LogP) is 4.76. The molecule has 2 unspecified atom stereocenters. The Morgan fingerprint density at radius 2 is 1.94 bits per heavy atom. The van der Waals surface area contributed by atoms with Crippen molar-refractivity contribution in [2.75, 3.05) is 0 Å². The van der Waals surface area contributed by atoms with Crippen LogP contribution in [0.5, 0.6) is 0 Å². The van der Waals surface area contributed by atoms with Gasteiger partial charge in [0.1, 0.15) is 0 Å². The lowest BCUT2D eigenvalue weighted by Crippen LogP contribution is -2.21. The number of rotatable bonds is 6. The highest BCUT2D eigenvalue weighted by atomic mass is 35.5. The second kappa shape index (κ2) is 7.42. The monoisotopic (exact) mass is 285 g/mol. The zero-order valence-electron chi connectivity index (χ0n) is 11.7. The van der Waals surface area contributed by atoms with Crippen LogP contribution in [0.3, 0.4) is 0 Å². The fraction of sp³-hybridized carbons (Fsp3) is 0.600. The fourth-order valence-electron chi connectivity index (χ4n) is 1.57. The highest BCUT2D eigenvalue weighted by Crippen LogP contribution is 2.33. The molecule has 2 atom stereocenters. The molecule has 0 aromatic heterocycles. The van der Waals surface area contributed by atoms with Crippen molar-refractivity contribution >= 4 is 23.4 Å². The highest BCUT2D eigenvalue weighted by molar-refractivity contribution is 8.00. The first-order valence-electron chi connectivity index (χ1n) is 6.64. The molecule has 1 aromatic carbocycles. The van der Waals surface area contributed by atoms with E-state index in [1.54, 1.807) is 0 Å². The Labute approximate surface area is 120 Å². The first-order valence-corrected chi connectivity index (χ1v) is 7.90. The third-order valence-electron chi connectivity index (χ3n) is 3.29. The van der Waals surface area contributed by atoms with Gasteiger partial charge in [-0.2, -0.15) is 0 Å². The van der Waals surface area contributed by atoms with Crippen LogP contribution in [0.2, 0.25) is 5.02 Å². The summed E-state index contributed by atoms with van der Waals surface area (Å²) in [5.74, 6) is 0.654. The summed E-state index contributed by atoms with van der Waals surface area (Å²) in [5.41, 5.74) is 7.39. The molecule has 3 heteroatoms. The van der Waals surface area contributed by atoms with Gasteiger partial charge < -0.3 is 5.73 Å². The maximum Gasteiger partial charge on any atom is 0.0417 e. The summed E-state index contributed by atoms with van der Waals surface area (Å²) >= 11 is 8.01. The summed E-state index contributed by atoms with van der Waals surface area (Å²) < 4.78 is 0. The summed E-state index contributed by atoms with van der Waals surface area (Å²) in [5, 5.41) is 1.39. The van der Waals surface area contributed by atoms with E-state index in [4.69, 9.17) is 17.3 Å². The second-order valence-electron chi connectivity index (χ2n) is 5.19. The van der Waals surface area contributed by atoms with Gasteiger partial charge in [0.05, 0.1) is 0 Å². The van der Waals surface area contributed by atoms with E-state index >= 15 is 0 Å². The molecule has 0 radical (unpaired) electrons. The van der Waals surface area contributed by atoms with Crippen LogP contribution < -0.4 is 5.73 Å². The molecule has 102 valence electrons. The molecule has 0 amide bonds.